The molecular weight excluding hydrogens is 334 g/mol. The average Bonchev–Trinajstić information content (AvgIpc) is 3.01. The molecule has 2 atom stereocenters. The summed E-state index contributed by atoms with van der Waals surface area (Å²) in [7, 11) is 4.84. The number of hydrogen-bond acceptors (Lipinski definition) is 4. The number of urea groups is 1. The Kier molecular flexibility index (Phi) is 4.80. The third kappa shape index (κ3) is 2.87. The summed E-state index contributed by atoms with van der Waals surface area (Å²) in [5.74, 6) is 1.19. The minimum Gasteiger partial charge on any atom is -0.497 e. The highest BCUT2D eigenvalue weighted by molar-refractivity contribution is 6.01. The first-order valence-corrected chi connectivity index (χ1v) is 8.72. The van der Waals surface area contributed by atoms with E-state index in [2.05, 4.69) is 5.32 Å². The molecule has 26 heavy (non-hydrogen) atoms. The molecule has 7 heteroatoms. The summed E-state index contributed by atoms with van der Waals surface area (Å²) in [6, 6.07) is 4.76. The summed E-state index contributed by atoms with van der Waals surface area (Å²) in [5, 5.41) is 2.93. The predicted molar refractivity (Wildman–Crippen MR) is 97.1 cm³/mol. The van der Waals surface area contributed by atoms with Gasteiger partial charge in [-0.05, 0) is 31.0 Å². The van der Waals surface area contributed by atoms with Crippen molar-refractivity contribution in [2.24, 2.45) is 0 Å². The van der Waals surface area contributed by atoms with E-state index in [1.54, 1.807) is 27.3 Å². The average molecular weight is 359 g/mol. The molecule has 0 aromatic heterocycles. The van der Waals surface area contributed by atoms with Gasteiger partial charge in [-0.2, -0.15) is 0 Å². The van der Waals surface area contributed by atoms with Gasteiger partial charge in [0, 0.05) is 19.2 Å². The van der Waals surface area contributed by atoms with Crippen molar-refractivity contribution in [1.29, 1.82) is 0 Å². The fourth-order valence-corrected chi connectivity index (χ4v) is 3.41. The minimum atomic E-state index is -0.528. The van der Waals surface area contributed by atoms with E-state index >= 15 is 0 Å². The van der Waals surface area contributed by atoms with Crippen LogP contribution in [0, 0.1) is 0 Å². The van der Waals surface area contributed by atoms with Crippen LogP contribution in [0.3, 0.4) is 0 Å². The molecule has 0 saturated heterocycles. The summed E-state index contributed by atoms with van der Waals surface area (Å²) >= 11 is 0. The molecule has 1 aromatic rings. The number of ether oxygens (including phenoxy) is 2. The van der Waals surface area contributed by atoms with E-state index in [1.807, 2.05) is 30.9 Å². The number of nitrogens with one attached hydrogen (secondary N) is 1. The maximum absolute atomic E-state index is 13.1. The number of methoxy groups -OCH3 is 2. The summed E-state index contributed by atoms with van der Waals surface area (Å²) in [6.07, 6.45) is 0.856. The fourth-order valence-electron chi connectivity index (χ4n) is 3.41. The number of carbonyl (C=O) groups excluding carboxylic acids is 2. The van der Waals surface area contributed by atoms with Gasteiger partial charge in [0.2, 0.25) is 0 Å². The first-order chi connectivity index (χ1) is 12.4. The van der Waals surface area contributed by atoms with Crippen LogP contribution < -0.4 is 14.8 Å². The van der Waals surface area contributed by atoms with Crippen molar-refractivity contribution in [1.82, 2.24) is 15.1 Å². The lowest BCUT2D eigenvalue weighted by molar-refractivity contribution is -0.127. The topological polar surface area (TPSA) is 71.1 Å². The van der Waals surface area contributed by atoms with E-state index < -0.39 is 6.04 Å². The quantitative estimate of drug-likeness (QED) is 0.876. The van der Waals surface area contributed by atoms with Crippen LogP contribution in [0.25, 0.3) is 0 Å². The molecular formula is C19H25N3O4. The lowest BCUT2D eigenvalue weighted by Crippen LogP contribution is -2.45. The maximum Gasteiger partial charge on any atom is 0.322 e. The van der Waals surface area contributed by atoms with Crippen LogP contribution in [0.5, 0.6) is 11.5 Å². The normalized spacial score (nSPS) is 20.9. The molecule has 3 amide bonds. The molecule has 0 aliphatic carbocycles. The van der Waals surface area contributed by atoms with Gasteiger partial charge < -0.3 is 19.7 Å². The molecule has 3 rings (SSSR count). The van der Waals surface area contributed by atoms with Crippen LogP contribution in [0.4, 0.5) is 4.79 Å². The number of rotatable bonds is 5. The molecule has 2 aliphatic rings. The van der Waals surface area contributed by atoms with Gasteiger partial charge in [-0.1, -0.05) is 6.92 Å². The van der Waals surface area contributed by atoms with Gasteiger partial charge in [-0.15, -0.1) is 0 Å². The second-order valence-corrected chi connectivity index (χ2v) is 6.64. The number of likely N-dealkylation sites (N-methyl/N-ethyl adjacent to an activating group) is 1. The highest BCUT2D eigenvalue weighted by Crippen LogP contribution is 2.38. The highest BCUT2D eigenvalue weighted by atomic mass is 16.5. The van der Waals surface area contributed by atoms with E-state index in [1.165, 1.54) is 4.90 Å². The lowest BCUT2D eigenvalue weighted by Gasteiger charge is -2.31. The van der Waals surface area contributed by atoms with Gasteiger partial charge in [-0.25, -0.2) is 4.79 Å². The molecule has 0 bridgehead atoms. The van der Waals surface area contributed by atoms with Crippen LogP contribution in [0.15, 0.2) is 29.5 Å². The maximum atomic E-state index is 13.1. The van der Waals surface area contributed by atoms with Gasteiger partial charge >= 0.3 is 6.03 Å². The Bertz CT molecular complexity index is 752. The third-order valence-corrected chi connectivity index (χ3v) is 5.22. The zero-order chi connectivity index (χ0) is 19.0. The molecule has 140 valence electrons. The van der Waals surface area contributed by atoms with Crippen LogP contribution in [-0.4, -0.2) is 55.6 Å². The molecule has 1 N–H and O–H groups in total. The molecule has 0 spiro atoms. The second-order valence-electron chi connectivity index (χ2n) is 6.64. The van der Waals surface area contributed by atoms with Crippen molar-refractivity contribution >= 4 is 11.9 Å². The molecule has 0 saturated carbocycles. The van der Waals surface area contributed by atoms with E-state index in [4.69, 9.17) is 9.47 Å². The number of amides is 3. The van der Waals surface area contributed by atoms with E-state index in [0.717, 1.165) is 17.7 Å². The van der Waals surface area contributed by atoms with Gasteiger partial charge in [-0.3, -0.25) is 9.69 Å². The standard InChI is InChI=1S/C19H25N3O4/c1-6-11(2)22-10-15-16(18(22)23)17(20-19(24)21(15)3)12-7-13(25-4)9-14(8-12)26-5/h7-9,11,17H,6,10H2,1-5H3,(H,20,24)/t11-,17+/m0/s1. The lowest BCUT2D eigenvalue weighted by atomic mass is 9.95. The summed E-state index contributed by atoms with van der Waals surface area (Å²) < 4.78 is 10.7. The third-order valence-electron chi connectivity index (χ3n) is 5.22. The van der Waals surface area contributed by atoms with E-state index in [0.29, 0.717) is 23.6 Å². The second kappa shape index (κ2) is 6.90. The fraction of sp³-hybridized carbons (Fsp3) is 0.474. The molecule has 2 aliphatic heterocycles. The van der Waals surface area contributed by atoms with Gasteiger partial charge in [0.25, 0.3) is 5.91 Å². The monoisotopic (exact) mass is 359 g/mol. The Morgan fingerprint density at radius 2 is 1.81 bits per heavy atom. The van der Waals surface area contributed by atoms with Crippen molar-refractivity contribution in [2.75, 3.05) is 27.8 Å². The number of benzene rings is 1. The SMILES string of the molecule is CC[C@H](C)N1CC2=C(C1=O)[C@@H](c1cc(OC)cc(OC)c1)NC(=O)N2C. The van der Waals surface area contributed by atoms with E-state index in [9.17, 15) is 9.59 Å². The Morgan fingerprint density at radius 1 is 1.19 bits per heavy atom. The molecule has 2 heterocycles. The summed E-state index contributed by atoms with van der Waals surface area (Å²) in [4.78, 5) is 28.9. The molecule has 0 radical (unpaired) electrons. The number of hydrogen-bond donors (Lipinski definition) is 1. The van der Waals surface area contributed by atoms with Crippen LogP contribution in [0.2, 0.25) is 0 Å². The van der Waals surface area contributed by atoms with E-state index in [-0.39, 0.29) is 18.0 Å². The zero-order valence-electron chi connectivity index (χ0n) is 15.8. The first kappa shape index (κ1) is 18.1. The van der Waals surface area contributed by atoms with Crippen molar-refractivity contribution < 1.29 is 19.1 Å². The summed E-state index contributed by atoms with van der Waals surface area (Å²) in [5.41, 5.74) is 2.13. The Balaban J connectivity index is 2.07. The molecule has 1 aromatic carbocycles. The van der Waals surface area contributed by atoms with Crippen molar-refractivity contribution in [3.8, 4) is 11.5 Å². The zero-order valence-corrected chi connectivity index (χ0v) is 15.8. The Morgan fingerprint density at radius 3 is 2.35 bits per heavy atom. The van der Waals surface area contributed by atoms with Crippen molar-refractivity contribution in [3.05, 3.63) is 35.0 Å². The van der Waals surface area contributed by atoms with Gasteiger partial charge in [0.1, 0.15) is 11.5 Å². The number of nitrogens with zero attached hydrogens (tertiary/aromatic N) is 2. The largest absolute Gasteiger partial charge is 0.497 e. The van der Waals surface area contributed by atoms with Gasteiger partial charge in [0.15, 0.2) is 0 Å². The predicted octanol–water partition coefficient (Wildman–Crippen LogP) is 2.29. The Labute approximate surface area is 153 Å². The Hall–Kier alpha value is -2.70. The molecule has 7 nitrogen and oxygen atoms in total. The molecule has 0 fully saturated rings. The minimum absolute atomic E-state index is 0.0343. The molecule has 0 unspecified atom stereocenters. The van der Waals surface area contributed by atoms with Crippen LogP contribution in [-0.2, 0) is 4.79 Å². The number of carbonyl (C=O) groups is 2. The first-order valence-electron chi connectivity index (χ1n) is 8.72. The van der Waals surface area contributed by atoms with Crippen molar-refractivity contribution in [3.63, 3.8) is 0 Å². The van der Waals surface area contributed by atoms with Gasteiger partial charge in [0.05, 0.1) is 38.1 Å². The van der Waals surface area contributed by atoms with Crippen LogP contribution >= 0.6 is 0 Å². The van der Waals surface area contributed by atoms with Crippen molar-refractivity contribution in [2.45, 2.75) is 32.4 Å². The summed E-state index contributed by atoms with van der Waals surface area (Å²) in [6.45, 7) is 4.52. The highest BCUT2D eigenvalue weighted by Gasteiger charge is 2.44. The smallest absolute Gasteiger partial charge is 0.322 e. The van der Waals surface area contributed by atoms with Crippen LogP contribution in [0.1, 0.15) is 31.9 Å².